The number of pyridine rings is 1. The Morgan fingerprint density at radius 3 is 2.70 bits per heavy atom. The zero-order valence-electron chi connectivity index (χ0n) is 14.8. The Bertz CT molecular complexity index is 845. The molecule has 1 aromatic carbocycles. The van der Waals surface area contributed by atoms with E-state index >= 15 is 0 Å². The molecule has 2 bridgehead atoms. The van der Waals surface area contributed by atoms with Gasteiger partial charge in [0, 0.05) is 32.0 Å². The van der Waals surface area contributed by atoms with Crippen LogP contribution in [0.3, 0.4) is 0 Å². The van der Waals surface area contributed by atoms with Gasteiger partial charge in [-0.15, -0.1) is 0 Å². The minimum atomic E-state index is -0.459. The molecule has 1 N–H and O–H groups in total. The summed E-state index contributed by atoms with van der Waals surface area (Å²) in [5.41, 5.74) is 0.729. The lowest BCUT2D eigenvalue weighted by atomic mass is 9.95. The lowest BCUT2D eigenvalue weighted by Crippen LogP contribution is -2.49. The van der Waals surface area contributed by atoms with Crippen molar-refractivity contribution in [2.45, 2.75) is 18.9 Å². The highest BCUT2D eigenvalue weighted by molar-refractivity contribution is 5.94. The molecule has 27 heavy (non-hydrogen) atoms. The van der Waals surface area contributed by atoms with Crippen LogP contribution in [-0.2, 0) is 0 Å². The van der Waals surface area contributed by atoms with E-state index in [-0.39, 0.29) is 29.6 Å². The van der Waals surface area contributed by atoms with Crippen molar-refractivity contribution in [3.63, 3.8) is 0 Å². The predicted molar refractivity (Wildman–Crippen MR) is 98.8 cm³/mol. The minimum Gasteiger partial charge on any atom is -0.336 e. The summed E-state index contributed by atoms with van der Waals surface area (Å²) in [5.74, 6) is -0.300. The van der Waals surface area contributed by atoms with E-state index < -0.39 is 5.82 Å². The van der Waals surface area contributed by atoms with Gasteiger partial charge < -0.3 is 15.1 Å². The van der Waals surface area contributed by atoms with Crippen molar-refractivity contribution in [1.29, 1.82) is 0 Å². The Morgan fingerprint density at radius 1 is 1.07 bits per heavy atom. The van der Waals surface area contributed by atoms with Gasteiger partial charge in [0.05, 0.1) is 17.3 Å². The Balaban J connectivity index is 1.49. The van der Waals surface area contributed by atoms with Gasteiger partial charge in [-0.1, -0.05) is 12.1 Å². The number of para-hydroxylation sites is 1. The molecule has 3 fully saturated rings. The van der Waals surface area contributed by atoms with Crippen molar-refractivity contribution in [3.05, 3.63) is 60.2 Å². The molecule has 3 amide bonds. The number of aromatic nitrogens is 1. The minimum absolute atomic E-state index is 0.0589. The first kappa shape index (κ1) is 17.5. The van der Waals surface area contributed by atoms with Crippen LogP contribution in [0.15, 0.2) is 48.8 Å². The molecule has 3 aliphatic rings. The number of urea groups is 1. The van der Waals surface area contributed by atoms with Crippen LogP contribution >= 0.6 is 0 Å². The average molecular weight is 368 g/mol. The Hall–Kier alpha value is -2.96. The van der Waals surface area contributed by atoms with Gasteiger partial charge in [-0.2, -0.15) is 0 Å². The number of hydrogen-bond acceptors (Lipinski definition) is 3. The number of rotatable bonds is 2. The first-order chi connectivity index (χ1) is 13.1. The number of nitrogens with one attached hydrogen (secondary N) is 1. The average Bonchev–Trinajstić information content (AvgIpc) is 3.02. The Morgan fingerprint density at radius 2 is 1.93 bits per heavy atom. The summed E-state index contributed by atoms with van der Waals surface area (Å²) in [6.45, 7) is 1.67. The van der Waals surface area contributed by atoms with Crippen molar-refractivity contribution in [3.8, 4) is 0 Å². The van der Waals surface area contributed by atoms with Gasteiger partial charge in [0.1, 0.15) is 5.82 Å². The number of anilines is 1. The van der Waals surface area contributed by atoms with E-state index in [2.05, 4.69) is 10.3 Å². The van der Waals surface area contributed by atoms with E-state index in [9.17, 15) is 14.0 Å². The van der Waals surface area contributed by atoms with Gasteiger partial charge in [-0.25, -0.2) is 9.18 Å². The first-order valence-electron chi connectivity index (χ1n) is 9.13. The highest BCUT2D eigenvalue weighted by atomic mass is 19.1. The third kappa shape index (κ3) is 3.63. The van der Waals surface area contributed by atoms with Crippen LogP contribution < -0.4 is 5.32 Å². The standard InChI is InChI=1S/C20H21FN4O2/c21-17-5-1-2-6-18(17)23-20(27)25-12-14-7-8-16(25)13-24(11-14)19(26)15-4-3-9-22-10-15/h1-6,9-10,14,16H,7-8,11-13H2,(H,23,27). The number of halogens is 1. The maximum atomic E-state index is 13.8. The van der Waals surface area contributed by atoms with Crippen molar-refractivity contribution in [1.82, 2.24) is 14.8 Å². The molecule has 0 spiro atoms. The van der Waals surface area contributed by atoms with Crippen molar-refractivity contribution in [2.75, 3.05) is 25.0 Å². The SMILES string of the molecule is O=C(c1cccnc1)N1CC2CCC(C1)N(C(=O)Nc1ccccc1F)C2. The predicted octanol–water partition coefficient (Wildman–Crippen LogP) is 2.99. The van der Waals surface area contributed by atoms with E-state index in [1.165, 1.54) is 6.07 Å². The highest BCUT2D eigenvalue weighted by Crippen LogP contribution is 2.29. The molecule has 2 unspecified atom stereocenters. The number of piperidine rings is 1. The molecule has 0 saturated carbocycles. The summed E-state index contributed by atoms with van der Waals surface area (Å²) in [6, 6.07) is 9.24. The van der Waals surface area contributed by atoms with E-state index in [4.69, 9.17) is 0 Å². The molecule has 7 heteroatoms. The van der Waals surface area contributed by atoms with E-state index in [0.717, 1.165) is 12.8 Å². The summed E-state index contributed by atoms with van der Waals surface area (Å²) in [6.07, 6.45) is 5.02. The summed E-state index contributed by atoms with van der Waals surface area (Å²) < 4.78 is 13.8. The molecule has 1 aromatic heterocycles. The highest BCUT2D eigenvalue weighted by Gasteiger charge is 2.39. The Labute approximate surface area is 157 Å². The number of hydrogen-bond donors (Lipinski definition) is 1. The monoisotopic (exact) mass is 368 g/mol. The maximum Gasteiger partial charge on any atom is 0.322 e. The molecular weight excluding hydrogens is 347 g/mol. The van der Waals surface area contributed by atoms with Gasteiger partial charge in [-0.3, -0.25) is 9.78 Å². The van der Waals surface area contributed by atoms with Gasteiger partial charge >= 0.3 is 6.03 Å². The van der Waals surface area contributed by atoms with Gasteiger partial charge in [-0.05, 0) is 43.0 Å². The van der Waals surface area contributed by atoms with E-state index in [0.29, 0.717) is 25.2 Å². The molecule has 2 aromatic rings. The number of nitrogens with zero attached hydrogens (tertiary/aromatic N) is 3. The lowest BCUT2D eigenvalue weighted by Gasteiger charge is -2.36. The Kier molecular flexibility index (Phi) is 4.75. The van der Waals surface area contributed by atoms with Crippen LogP contribution in [0.2, 0.25) is 0 Å². The van der Waals surface area contributed by atoms with E-state index in [1.807, 2.05) is 4.90 Å². The number of carbonyl (C=O) groups excluding carboxylic acids is 2. The van der Waals surface area contributed by atoms with Crippen molar-refractivity contribution < 1.29 is 14.0 Å². The van der Waals surface area contributed by atoms with Gasteiger partial charge in [0.15, 0.2) is 0 Å². The molecule has 5 rings (SSSR count). The molecule has 2 atom stereocenters. The number of amides is 3. The first-order valence-corrected chi connectivity index (χ1v) is 9.13. The molecule has 3 saturated heterocycles. The van der Waals surface area contributed by atoms with Crippen LogP contribution in [-0.4, -0.2) is 52.4 Å². The van der Waals surface area contributed by atoms with E-state index in [1.54, 1.807) is 47.6 Å². The number of carbonyl (C=O) groups is 2. The fourth-order valence-electron chi connectivity index (χ4n) is 3.92. The largest absolute Gasteiger partial charge is 0.336 e. The molecule has 140 valence electrons. The fourth-order valence-corrected chi connectivity index (χ4v) is 3.92. The number of benzene rings is 1. The molecule has 4 heterocycles. The zero-order chi connectivity index (χ0) is 18.8. The molecule has 0 aliphatic carbocycles. The summed E-state index contributed by atoms with van der Waals surface area (Å²) in [7, 11) is 0. The second-order valence-electron chi connectivity index (χ2n) is 7.11. The lowest BCUT2D eigenvalue weighted by molar-refractivity contribution is 0.0742. The second-order valence-corrected chi connectivity index (χ2v) is 7.11. The molecular formula is C20H21FN4O2. The van der Waals surface area contributed by atoms with Crippen molar-refractivity contribution in [2.24, 2.45) is 5.92 Å². The zero-order valence-corrected chi connectivity index (χ0v) is 14.8. The normalized spacial score (nSPS) is 21.7. The van der Waals surface area contributed by atoms with Crippen LogP contribution in [0.25, 0.3) is 0 Å². The topological polar surface area (TPSA) is 65.5 Å². The third-order valence-corrected chi connectivity index (χ3v) is 5.29. The second kappa shape index (κ2) is 7.34. The maximum absolute atomic E-state index is 13.8. The summed E-state index contributed by atoms with van der Waals surface area (Å²) in [5, 5.41) is 2.67. The smallest absolute Gasteiger partial charge is 0.322 e. The molecule has 0 radical (unpaired) electrons. The number of fused-ring (bicyclic) bond motifs is 4. The quantitative estimate of drug-likeness (QED) is 0.886. The summed E-state index contributed by atoms with van der Waals surface area (Å²) in [4.78, 5) is 33.1. The van der Waals surface area contributed by atoms with Gasteiger partial charge in [0.2, 0.25) is 0 Å². The van der Waals surface area contributed by atoms with Crippen LogP contribution in [0, 0.1) is 11.7 Å². The third-order valence-electron chi connectivity index (χ3n) is 5.29. The van der Waals surface area contributed by atoms with Crippen LogP contribution in [0.1, 0.15) is 23.2 Å². The van der Waals surface area contributed by atoms with Crippen LogP contribution in [0.4, 0.5) is 14.9 Å². The van der Waals surface area contributed by atoms with Crippen molar-refractivity contribution >= 4 is 17.6 Å². The summed E-state index contributed by atoms with van der Waals surface area (Å²) >= 11 is 0. The molecule has 3 aliphatic heterocycles. The van der Waals surface area contributed by atoms with Crippen LogP contribution in [0.5, 0.6) is 0 Å². The fraction of sp³-hybridized carbons (Fsp3) is 0.350. The molecule has 6 nitrogen and oxygen atoms in total. The van der Waals surface area contributed by atoms with Gasteiger partial charge in [0.25, 0.3) is 5.91 Å².